The molecule has 2 rings (SSSR count). The predicted octanol–water partition coefficient (Wildman–Crippen LogP) is 4.18. The van der Waals surface area contributed by atoms with Crippen LogP contribution >= 0.6 is 11.6 Å². The Morgan fingerprint density at radius 3 is 2.72 bits per heavy atom. The first-order chi connectivity index (χ1) is 8.56. The van der Waals surface area contributed by atoms with Crippen molar-refractivity contribution in [1.82, 2.24) is 4.98 Å². The van der Waals surface area contributed by atoms with E-state index < -0.39 is 0 Å². The predicted molar refractivity (Wildman–Crippen MR) is 77.5 cm³/mol. The molecule has 18 heavy (non-hydrogen) atoms. The Balaban J connectivity index is 2.28. The number of nitrogens with two attached hydrogens (primary N) is 1. The quantitative estimate of drug-likeness (QED) is 0.815. The molecule has 1 aromatic heterocycles. The van der Waals surface area contributed by atoms with Gasteiger partial charge in [0.2, 0.25) is 0 Å². The molecule has 0 amide bonds. The highest BCUT2D eigenvalue weighted by Crippen LogP contribution is 2.25. The van der Waals surface area contributed by atoms with Crippen LogP contribution in [0.4, 0.5) is 17.2 Å². The topological polar surface area (TPSA) is 50.9 Å². The molecule has 0 aliphatic heterocycles. The Bertz CT molecular complexity index is 552. The SMILES string of the molecule is CC(C)c1cccc(Nc2nc(Cl)ccc2N)c1. The highest BCUT2D eigenvalue weighted by molar-refractivity contribution is 6.29. The van der Waals surface area contributed by atoms with Crippen LogP contribution in [0.1, 0.15) is 25.3 Å². The minimum absolute atomic E-state index is 0.423. The van der Waals surface area contributed by atoms with Gasteiger partial charge in [-0.05, 0) is 35.7 Å². The zero-order valence-electron chi connectivity index (χ0n) is 10.4. The number of nitrogens with zero attached hydrogens (tertiary/aromatic N) is 1. The normalized spacial score (nSPS) is 10.7. The van der Waals surface area contributed by atoms with Crippen LogP contribution in [-0.2, 0) is 0 Å². The molecule has 0 atom stereocenters. The van der Waals surface area contributed by atoms with Crippen molar-refractivity contribution in [2.45, 2.75) is 19.8 Å². The number of halogens is 1. The second-order valence-electron chi connectivity index (χ2n) is 4.48. The largest absolute Gasteiger partial charge is 0.396 e. The number of anilines is 3. The smallest absolute Gasteiger partial charge is 0.155 e. The van der Waals surface area contributed by atoms with Gasteiger partial charge in [0.05, 0.1) is 5.69 Å². The molecule has 0 radical (unpaired) electrons. The Morgan fingerprint density at radius 1 is 1.22 bits per heavy atom. The number of rotatable bonds is 3. The monoisotopic (exact) mass is 261 g/mol. The number of hydrogen-bond acceptors (Lipinski definition) is 3. The van der Waals surface area contributed by atoms with E-state index in [9.17, 15) is 0 Å². The molecule has 1 heterocycles. The van der Waals surface area contributed by atoms with E-state index in [1.807, 2.05) is 12.1 Å². The van der Waals surface area contributed by atoms with Crippen LogP contribution in [0.5, 0.6) is 0 Å². The summed E-state index contributed by atoms with van der Waals surface area (Å²) in [5, 5.41) is 3.61. The molecule has 3 nitrogen and oxygen atoms in total. The second-order valence-corrected chi connectivity index (χ2v) is 4.86. The molecule has 0 spiro atoms. The minimum Gasteiger partial charge on any atom is -0.396 e. The van der Waals surface area contributed by atoms with E-state index >= 15 is 0 Å². The molecule has 4 heteroatoms. The first kappa shape index (κ1) is 12.7. The molecule has 2 aromatic rings. The molecular formula is C14H16ClN3. The second kappa shape index (κ2) is 5.27. The standard InChI is InChI=1S/C14H16ClN3/c1-9(2)10-4-3-5-11(8-10)17-14-12(16)6-7-13(15)18-14/h3-9H,16H2,1-2H3,(H,17,18). The lowest BCUT2D eigenvalue weighted by Gasteiger charge is -2.11. The Morgan fingerprint density at radius 2 is 2.00 bits per heavy atom. The summed E-state index contributed by atoms with van der Waals surface area (Å²) < 4.78 is 0. The van der Waals surface area contributed by atoms with Crippen molar-refractivity contribution in [3.8, 4) is 0 Å². The first-order valence-electron chi connectivity index (χ1n) is 5.85. The van der Waals surface area contributed by atoms with Crippen molar-refractivity contribution in [2.75, 3.05) is 11.1 Å². The summed E-state index contributed by atoms with van der Waals surface area (Å²) in [6, 6.07) is 11.6. The Hall–Kier alpha value is -1.74. The fraction of sp³-hybridized carbons (Fsp3) is 0.214. The molecule has 1 aromatic carbocycles. The van der Waals surface area contributed by atoms with Gasteiger partial charge < -0.3 is 11.1 Å². The average molecular weight is 262 g/mol. The fourth-order valence-corrected chi connectivity index (χ4v) is 1.81. The average Bonchev–Trinajstić information content (AvgIpc) is 2.34. The molecule has 3 N–H and O–H groups in total. The zero-order chi connectivity index (χ0) is 13.1. The van der Waals surface area contributed by atoms with Gasteiger partial charge in [0, 0.05) is 5.69 Å². The van der Waals surface area contributed by atoms with Gasteiger partial charge in [-0.3, -0.25) is 0 Å². The zero-order valence-corrected chi connectivity index (χ0v) is 11.2. The lowest BCUT2D eigenvalue weighted by molar-refractivity contribution is 0.867. The summed E-state index contributed by atoms with van der Waals surface area (Å²) in [4.78, 5) is 4.17. The summed E-state index contributed by atoms with van der Waals surface area (Å²) in [5.74, 6) is 1.07. The van der Waals surface area contributed by atoms with E-state index in [2.05, 4.69) is 36.3 Å². The third kappa shape index (κ3) is 2.93. The number of nitrogen functional groups attached to an aromatic ring is 1. The van der Waals surface area contributed by atoms with Gasteiger partial charge in [-0.25, -0.2) is 4.98 Å². The molecule has 0 fully saturated rings. The highest BCUT2D eigenvalue weighted by Gasteiger charge is 2.04. The molecule has 0 aliphatic rings. The number of nitrogens with one attached hydrogen (secondary N) is 1. The number of hydrogen-bond donors (Lipinski definition) is 2. The molecule has 0 saturated carbocycles. The number of aromatic nitrogens is 1. The first-order valence-corrected chi connectivity index (χ1v) is 6.23. The van der Waals surface area contributed by atoms with Crippen molar-refractivity contribution in [2.24, 2.45) is 0 Å². The lowest BCUT2D eigenvalue weighted by Crippen LogP contribution is -2.00. The number of pyridine rings is 1. The van der Waals surface area contributed by atoms with Crippen LogP contribution in [0.25, 0.3) is 0 Å². The summed E-state index contributed by atoms with van der Waals surface area (Å²) in [6.45, 7) is 4.32. The van der Waals surface area contributed by atoms with Gasteiger partial charge >= 0.3 is 0 Å². The lowest BCUT2D eigenvalue weighted by atomic mass is 10.0. The Labute approximate surface area is 112 Å². The summed E-state index contributed by atoms with van der Waals surface area (Å²) in [6.07, 6.45) is 0. The van der Waals surface area contributed by atoms with E-state index in [1.54, 1.807) is 12.1 Å². The summed E-state index contributed by atoms with van der Waals surface area (Å²) >= 11 is 5.86. The summed E-state index contributed by atoms with van der Waals surface area (Å²) in [7, 11) is 0. The maximum Gasteiger partial charge on any atom is 0.155 e. The van der Waals surface area contributed by atoms with Crippen LogP contribution in [0, 0.1) is 0 Å². The van der Waals surface area contributed by atoms with Crippen LogP contribution in [0.2, 0.25) is 5.15 Å². The van der Waals surface area contributed by atoms with Crippen LogP contribution in [-0.4, -0.2) is 4.98 Å². The van der Waals surface area contributed by atoms with Crippen LogP contribution < -0.4 is 11.1 Å². The molecule has 0 saturated heterocycles. The van der Waals surface area contributed by atoms with Crippen LogP contribution in [0.3, 0.4) is 0 Å². The summed E-state index contributed by atoms with van der Waals surface area (Å²) in [5.41, 5.74) is 8.65. The number of benzene rings is 1. The fourth-order valence-electron chi connectivity index (χ4n) is 1.66. The minimum atomic E-state index is 0.423. The van der Waals surface area contributed by atoms with Crippen LogP contribution in [0.15, 0.2) is 36.4 Å². The molecule has 0 unspecified atom stereocenters. The van der Waals surface area contributed by atoms with E-state index in [4.69, 9.17) is 17.3 Å². The van der Waals surface area contributed by atoms with E-state index in [0.717, 1.165) is 5.69 Å². The van der Waals surface area contributed by atoms with Gasteiger partial charge in [-0.1, -0.05) is 37.6 Å². The highest BCUT2D eigenvalue weighted by atomic mass is 35.5. The van der Waals surface area contributed by atoms with Gasteiger partial charge in [0.1, 0.15) is 5.15 Å². The maximum absolute atomic E-state index is 5.86. The van der Waals surface area contributed by atoms with E-state index in [1.165, 1.54) is 5.56 Å². The maximum atomic E-state index is 5.86. The van der Waals surface area contributed by atoms with Gasteiger partial charge in [0.15, 0.2) is 5.82 Å². The molecule has 0 bridgehead atoms. The Kier molecular flexibility index (Phi) is 3.72. The van der Waals surface area contributed by atoms with Gasteiger partial charge in [-0.15, -0.1) is 0 Å². The van der Waals surface area contributed by atoms with E-state index in [0.29, 0.717) is 22.6 Å². The molecule has 0 aliphatic carbocycles. The molecule has 94 valence electrons. The third-order valence-electron chi connectivity index (χ3n) is 2.71. The molecular weight excluding hydrogens is 246 g/mol. The van der Waals surface area contributed by atoms with Gasteiger partial charge in [-0.2, -0.15) is 0 Å². The van der Waals surface area contributed by atoms with Crippen molar-refractivity contribution in [3.05, 3.63) is 47.1 Å². The van der Waals surface area contributed by atoms with Crippen molar-refractivity contribution >= 4 is 28.8 Å². The van der Waals surface area contributed by atoms with E-state index in [-0.39, 0.29) is 0 Å². The van der Waals surface area contributed by atoms with Crippen molar-refractivity contribution in [1.29, 1.82) is 0 Å². The van der Waals surface area contributed by atoms with Crippen molar-refractivity contribution < 1.29 is 0 Å². The van der Waals surface area contributed by atoms with Gasteiger partial charge in [0.25, 0.3) is 0 Å². The van der Waals surface area contributed by atoms with Crippen molar-refractivity contribution in [3.63, 3.8) is 0 Å². The third-order valence-corrected chi connectivity index (χ3v) is 2.92.